The van der Waals surface area contributed by atoms with Crippen molar-refractivity contribution >= 4 is 18.3 Å². The van der Waals surface area contributed by atoms with Crippen LogP contribution < -0.4 is 10.6 Å². The molecule has 0 spiro atoms. The second-order valence-corrected chi connectivity index (χ2v) is 6.09. The zero-order chi connectivity index (χ0) is 16.8. The molecule has 1 amide bonds. The topological polar surface area (TPSA) is 75.1 Å². The maximum Gasteiger partial charge on any atom is 0.273 e. The molecule has 1 aliphatic rings. The van der Waals surface area contributed by atoms with E-state index in [1.165, 1.54) is 0 Å². The molecule has 2 aromatic rings. The second kappa shape index (κ2) is 9.50. The minimum Gasteiger partial charge on any atom is -0.351 e. The first kappa shape index (κ1) is 19.4. The Morgan fingerprint density at radius 1 is 1.32 bits per heavy atom. The fourth-order valence-electron chi connectivity index (χ4n) is 2.79. The average Bonchev–Trinajstić information content (AvgIpc) is 3.10. The number of nitrogens with one attached hydrogen (secondary N) is 2. The predicted octanol–water partition coefficient (Wildman–Crippen LogP) is 1.02. The minimum absolute atomic E-state index is 0. The van der Waals surface area contributed by atoms with Crippen LogP contribution in [0.1, 0.15) is 22.5 Å². The zero-order valence-electron chi connectivity index (χ0n) is 14.4. The molecule has 7 nitrogen and oxygen atoms in total. The smallest absolute Gasteiger partial charge is 0.273 e. The highest BCUT2D eigenvalue weighted by Crippen LogP contribution is 2.09. The third kappa shape index (κ3) is 5.52. The van der Waals surface area contributed by atoms with E-state index < -0.39 is 0 Å². The van der Waals surface area contributed by atoms with Crippen LogP contribution in [0.2, 0.25) is 0 Å². The molecular weight excluding hydrogens is 340 g/mol. The van der Waals surface area contributed by atoms with E-state index in [1.54, 1.807) is 10.9 Å². The number of carbonyl (C=O) groups is 1. The molecule has 1 aromatic carbocycles. The van der Waals surface area contributed by atoms with Gasteiger partial charge in [0.15, 0.2) is 5.69 Å². The molecule has 1 saturated heterocycles. The van der Waals surface area contributed by atoms with Gasteiger partial charge in [-0.2, -0.15) is 0 Å². The number of rotatable bonds is 6. The maximum atomic E-state index is 12.2. The molecule has 0 atom stereocenters. The largest absolute Gasteiger partial charge is 0.351 e. The van der Waals surface area contributed by atoms with Gasteiger partial charge >= 0.3 is 0 Å². The molecule has 1 fully saturated rings. The van der Waals surface area contributed by atoms with Crippen LogP contribution in [-0.2, 0) is 0 Å². The molecule has 2 heterocycles. The lowest BCUT2D eigenvalue weighted by atomic mass is 10.2. The van der Waals surface area contributed by atoms with Crippen LogP contribution in [0.4, 0.5) is 0 Å². The Bertz CT molecular complexity index is 683. The van der Waals surface area contributed by atoms with E-state index in [0.717, 1.165) is 50.4 Å². The van der Waals surface area contributed by atoms with Gasteiger partial charge in [-0.1, -0.05) is 17.3 Å². The van der Waals surface area contributed by atoms with E-state index in [1.807, 2.05) is 31.2 Å². The van der Waals surface area contributed by atoms with Gasteiger partial charge in [0, 0.05) is 32.7 Å². The van der Waals surface area contributed by atoms with Gasteiger partial charge in [0.05, 0.1) is 11.9 Å². The van der Waals surface area contributed by atoms with Crippen molar-refractivity contribution in [1.29, 1.82) is 0 Å². The zero-order valence-corrected chi connectivity index (χ0v) is 15.3. The van der Waals surface area contributed by atoms with Crippen molar-refractivity contribution in [3.8, 4) is 5.69 Å². The molecule has 0 unspecified atom stereocenters. The molecule has 0 bridgehead atoms. The molecule has 0 aliphatic carbocycles. The third-order valence-electron chi connectivity index (χ3n) is 4.14. The highest BCUT2D eigenvalue weighted by molar-refractivity contribution is 5.91. The van der Waals surface area contributed by atoms with Crippen LogP contribution in [-0.4, -0.2) is 65.1 Å². The summed E-state index contributed by atoms with van der Waals surface area (Å²) < 4.78 is 1.63. The standard InChI is InChI=1S/C17H24N6O.ClH/c1-14-4-2-5-15(12-14)23-13-16(20-21-23)17(24)19-6-3-9-22-10-7-18-8-11-22;/h2,4-5,12-13,18H,3,6-11H2,1H3,(H,19,24);1H. The lowest BCUT2D eigenvalue weighted by Gasteiger charge is -2.26. The highest BCUT2D eigenvalue weighted by Gasteiger charge is 2.12. The molecule has 3 rings (SSSR count). The van der Waals surface area contributed by atoms with E-state index in [4.69, 9.17) is 0 Å². The van der Waals surface area contributed by atoms with Crippen molar-refractivity contribution in [3.05, 3.63) is 41.7 Å². The molecule has 1 aromatic heterocycles. The number of amides is 1. The summed E-state index contributed by atoms with van der Waals surface area (Å²) in [7, 11) is 0. The summed E-state index contributed by atoms with van der Waals surface area (Å²) in [6, 6.07) is 7.93. The fraction of sp³-hybridized carbons (Fsp3) is 0.471. The normalized spacial score (nSPS) is 14.8. The Morgan fingerprint density at radius 2 is 2.12 bits per heavy atom. The Balaban J connectivity index is 0.00000225. The van der Waals surface area contributed by atoms with Crippen LogP contribution in [0.5, 0.6) is 0 Å². The first-order valence-electron chi connectivity index (χ1n) is 8.43. The molecule has 2 N–H and O–H groups in total. The Labute approximate surface area is 154 Å². The molecular formula is C17H25ClN6O. The van der Waals surface area contributed by atoms with E-state index in [-0.39, 0.29) is 18.3 Å². The van der Waals surface area contributed by atoms with E-state index >= 15 is 0 Å². The average molecular weight is 365 g/mol. The number of hydrogen-bond donors (Lipinski definition) is 2. The number of halogens is 1. The van der Waals surface area contributed by atoms with Crippen molar-refractivity contribution < 1.29 is 4.79 Å². The molecule has 1 aliphatic heterocycles. The van der Waals surface area contributed by atoms with Gasteiger partial charge in [-0.05, 0) is 37.6 Å². The van der Waals surface area contributed by atoms with Crippen LogP contribution in [0, 0.1) is 6.92 Å². The Hall–Kier alpha value is -1.96. The first-order chi connectivity index (χ1) is 11.7. The van der Waals surface area contributed by atoms with Crippen molar-refractivity contribution in [3.63, 3.8) is 0 Å². The summed E-state index contributed by atoms with van der Waals surface area (Å²) >= 11 is 0. The van der Waals surface area contributed by atoms with Gasteiger partial charge in [-0.25, -0.2) is 4.68 Å². The van der Waals surface area contributed by atoms with Crippen LogP contribution >= 0.6 is 12.4 Å². The number of benzene rings is 1. The van der Waals surface area contributed by atoms with Crippen molar-refractivity contribution in [1.82, 2.24) is 30.5 Å². The quantitative estimate of drug-likeness (QED) is 0.749. The Kier molecular flexibility index (Phi) is 7.36. The lowest BCUT2D eigenvalue weighted by Crippen LogP contribution is -2.44. The van der Waals surface area contributed by atoms with E-state index in [9.17, 15) is 4.79 Å². The van der Waals surface area contributed by atoms with Gasteiger partial charge in [0.25, 0.3) is 5.91 Å². The van der Waals surface area contributed by atoms with Gasteiger partial charge < -0.3 is 15.5 Å². The number of aromatic nitrogens is 3. The third-order valence-corrected chi connectivity index (χ3v) is 4.14. The summed E-state index contributed by atoms with van der Waals surface area (Å²) in [6.45, 7) is 7.95. The molecule has 8 heteroatoms. The maximum absolute atomic E-state index is 12.2. The summed E-state index contributed by atoms with van der Waals surface area (Å²) in [5.41, 5.74) is 2.39. The number of hydrogen-bond acceptors (Lipinski definition) is 5. The van der Waals surface area contributed by atoms with Gasteiger partial charge in [-0.15, -0.1) is 17.5 Å². The number of piperazine rings is 1. The lowest BCUT2D eigenvalue weighted by molar-refractivity contribution is 0.0946. The molecule has 25 heavy (non-hydrogen) atoms. The summed E-state index contributed by atoms with van der Waals surface area (Å²) in [5.74, 6) is -0.172. The van der Waals surface area contributed by atoms with Crippen LogP contribution in [0.15, 0.2) is 30.5 Å². The summed E-state index contributed by atoms with van der Waals surface area (Å²) in [5, 5.41) is 14.3. The van der Waals surface area contributed by atoms with Crippen LogP contribution in [0.25, 0.3) is 5.69 Å². The van der Waals surface area contributed by atoms with Crippen LogP contribution in [0.3, 0.4) is 0 Å². The first-order valence-corrected chi connectivity index (χ1v) is 8.43. The van der Waals surface area contributed by atoms with Gasteiger partial charge in [-0.3, -0.25) is 4.79 Å². The van der Waals surface area contributed by atoms with Gasteiger partial charge in [0.1, 0.15) is 0 Å². The molecule has 136 valence electrons. The fourth-order valence-corrected chi connectivity index (χ4v) is 2.79. The van der Waals surface area contributed by atoms with Crippen molar-refractivity contribution in [2.24, 2.45) is 0 Å². The number of nitrogens with zero attached hydrogens (tertiary/aromatic N) is 4. The number of aryl methyl sites for hydroxylation is 1. The van der Waals surface area contributed by atoms with Crippen molar-refractivity contribution in [2.75, 3.05) is 39.3 Å². The van der Waals surface area contributed by atoms with E-state index in [0.29, 0.717) is 12.2 Å². The predicted molar refractivity (Wildman–Crippen MR) is 99.6 cm³/mol. The van der Waals surface area contributed by atoms with Gasteiger partial charge in [0.2, 0.25) is 0 Å². The highest BCUT2D eigenvalue weighted by atomic mass is 35.5. The minimum atomic E-state index is -0.172. The summed E-state index contributed by atoms with van der Waals surface area (Å²) in [6.07, 6.45) is 2.61. The molecule has 0 saturated carbocycles. The molecule has 0 radical (unpaired) electrons. The van der Waals surface area contributed by atoms with E-state index in [2.05, 4.69) is 25.8 Å². The van der Waals surface area contributed by atoms with Crippen molar-refractivity contribution in [2.45, 2.75) is 13.3 Å². The Morgan fingerprint density at radius 3 is 2.88 bits per heavy atom. The number of carbonyl (C=O) groups excluding carboxylic acids is 1. The summed E-state index contributed by atoms with van der Waals surface area (Å²) in [4.78, 5) is 14.6. The monoisotopic (exact) mass is 364 g/mol. The SMILES string of the molecule is Cc1cccc(-n2cc(C(=O)NCCCN3CCNCC3)nn2)c1.Cl. The second-order valence-electron chi connectivity index (χ2n) is 6.09.